The normalized spacial score (nSPS) is 16.5. The zero-order valence-electron chi connectivity index (χ0n) is 17.4. The number of esters is 1. The highest BCUT2D eigenvalue weighted by Crippen LogP contribution is 2.34. The van der Waals surface area contributed by atoms with Crippen LogP contribution in [0.3, 0.4) is 0 Å². The molecule has 1 heterocycles. The van der Waals surface area contributed by atoms with Gasteiger partial charge in [0, 0.05) is 0 Å². The number of benzene rings is 1. The van der Waals surface area contributed by atoms with Crippen LogP contribution in [0, 0.1) is 5.92 Å². The second-order valence-corrected chi connectivity index (χ2v) is 8.08. The van der Waals surface area contributed by atoms with Crippen LogP contribution < -0.4 is 9.47 Å². The smallest absolute Gasteiger partial charge is 0.326 e. The molecule has 1 saturated heterocycles. The van der Waals surface area contributed by atoms with Crippen LogP contribution in [-0.2, 0) is 14.3 Å². The molecule has 158 valence electrons. The molecule has 1 aromatic carbocycles. The number of ether oxygens (including phenoxy) is 3. The largest absolute Gasteiger partial charge is 0.493 e. The lowest BCUT2D eigenvalue weighted by molar-refractivity contribution is -0.150. The number of imide groups is 1. The lowest BCUT2D eigenvalue weighted by Gasteiger charge is -2.15. The minimum atomic E-state index is -0.601. The Morgan fingerprint density at radius 2 is 1.93 bits per heavy atom. The van der Waals surface area contributed by atoms with Gasteiger partial charge in [-0.1, -0.05) is 26.8 Å². The standard InChI is InChI=1S/C21H27NO6S/c1-6-14(4)28-19(23)11-22-20(24)18(29-21(22)25)10-15-7-8-16(17(9-15)26-5)27-12-13(2)3/h7-10,13-14H,6,11-12H2,1-5H3/b18-10-/t14-/m1/s1. The first-order chi connectivity index (χ1) is 13.7. The molecule has 0 aromatic heterocycles. The maximum absolute atomic E-state index is 12.6. The van der Waals surface area contributed by atoms with Crippen LogP contribution >= 0.6 is 11.8 Å². The molecule has 7 nitrogen and oxygen atoms in total. The first kappa shape index (κ1) is 22.8. The van der Waals surface area contributed by atoms with Gasteiger partial charge in [0.25, 0.3) is 11.1 Å². The number of methoxy groups -OCH3 is 1. The summed E-state index contributed by atoms with van der Waals surface area (Å²) in [4.78, 5) is 37.8. The highest BCUT2D eigenvalue weighted by Gasteiger charge is 2.36. The second-order valence-electron chi connectivity index (χ2n) is 7.09. The van der Waals surface area contributed by atoms with Crippen molar-refractivity contribution in [3.05, 3.63) is 28.7 Å². The van der Waals surface area contributed by atoms with E-state index in [1.807, 2.05) is 6.92 Å². The van der Waals surface area contributed by atoms with Crippen molar-refractivity contribution < 1.29 is 28.6 Å². The Kier molecular flexibility index (Phi) is 8.13. The van der Waals surface area contributed by atoms with Gasteiger partial charge >= 0.3 is 5.97 Å². The van der Waals surface area contributed by atoms with Crippen LogP contribution in [0.15, 0.2) is 23.1 Å². The molecule has 29 heavy (non-hydrogen) atoms. The Balaban J connectivity index is 2.13. The summed E-state index contributed by atoms with van der Waals surface area (Å²) in [6, 6.07) is 5.28. The maximum Gasteiger partial charge on any atom is 0.326 e. The highest BCUT2D eigenvalue weighted by molar-refractivity contribution is 8.18. The monoisotopic (exact) mass is 421 g/mol. The molecular weight excluding hydrogens is 394 g/mol. The third-order valence-corrected chi connectivity index (χ3v) is 5.03. The summed E-state index contributed by atoms with van der Waals surface area (Å²) in [6.07, 6.45) is 1.99. The fraction of sp³-hybridized carbons (Fsp3) is 0.476. The van der Waals surface area contributed by atoms with Crippen molar-refractivity contribution in [2.75, 3.05) is 20.3 Å². The van der Waals surface area contributed by atoms with Gasteiger partial charge in [-0.3, -0.25) is 19.3 Å². The van der Waals surface area contributed by atoms with Crippen molar-refractivity contribution in [3.8, 4) is 11.5 Å². The van der Waals surface area contributed by atoms with E-state index in [0.717, 1.165) is 16.7 Å². The van der Waals surface area contributed by atoms with E-state index < -0.39 is 23.7 Å². The summed E-state index contributed by atoms with van der Waals surface area (Å²) in [7, 11) is 1.54. The van der Waals surface area contributed by atoms with Crippen molar-refractivity contribution in [1.82, 2.24) is 4.90 Å². The van der Waals surface area contributed by atoms with E-state index in [9.17, 15) is 14.4 Å². The first-order valence-electron chi connectivity index (χ1n) is 9.50. The quantitative estimate of drug-likeness (QED) is 0.438. The van der Waals surface area contributed by atoms with E-state index in [4.69, 9.17) is 14.2 Å². The van der Waals surface area contributed by atoms with Gasteiger partial charge in [-0.25, -0.2) is 0 Å². The van der Waals surface area contributed by atoms with Gasteiger partial charge in [-0.2, -0.15) is 0 Å². The molecule has 1 atom stereocenters. The van der Waals surface area contributed by atoms with E-state index in [-0.39, 0.29) is 11.0 Å². The summed E-state index contributed by atoms with van der Waals surface area (Å²) in [5.41, 5.74) is 0.687. The number of hydrogen-bond acceptors (Lipinski definition) is 7. The Bertz CT molecular complexity index is 804. The predicted octanol–water partition coefficient (Wildman–Crippen LogP) is 4.11. The summed E-state index contributed by atoms with van der Waals surface area (Å²) in [6.45, 7) is 7.91. The summed E-state index contributed by atoms with van der Waals surface area (Å²) < 4.78 is 16.2. The molecule has 0 aliphatic carbocycles. The number of hydrogen-bond donors (Lipinski definition) is 0. The van der Waals surface area contributed by atoms with E-state index in [2.05, 4.69) is 13.8 Å². The van der Waals surface area contributed by atoms with Gasteiger partial charge in [0.15, 0.2) is 11.5 Å². The molecule has 0 N–H and O–H groups in total. The van der Waals surface area contributed by atoms with Crippen LogP contribution in [0.1, 0.15) is 39.7 Å². The SMILES string of the molecule is CC[C@@H](C)OC(=O)CN1C(=O)S/C(=C\c2ccc(OCC(C)C)c(OC)c2)C1=O. The Morgan fingerprint density at radius 3 is 2.55 bits per heavy atom. The van der Waals surface area contributed by atoms with E-state index >= 15 is 0 Å². The van der Waals surface area contributed by atoms with Crippen LogP contribution in [-0.4, -0.2) is 48.4 Å². The molecule has 0 saturated carbocycles. The van der Waals surface area contributed by atoms with Crippen molar-refractivity contribution in [2.45, 2.75) is 40.2 Å². The molecule has 1 aromatic rings. The highest BCUT2D eigenvalue weighted by atomic mass is 32.2. The minimum Gasteiger partial charge on any atom is -0.493 e. The van der Waals surface area contributed by atoms with Crippen molar-refractivity contribution in [1.29, 1.82) is 0 Å². The van der Waals surface area contributed by atoms with Crippen LogP contribution in [0.25, 0.3) is 6.08 Å². The number of nitrogens with zero attached hydrogens (tertiary/aromatic N) is 1. The van der Waals surface area contributed by atoms with Gasteiger partial charge in [0.2, 0.25) is 0 Å². The average molecular weight is 422 g/mol. The van der Waals surface area contributed by atoms with Gasteiger partial charge in [-0.05, 0) is 54.8 Å². The van der Waals surface area contributed by atoms with Crippen molar-refractivity contribution in [2.24, 2.45) is 5.92 Å². The summed E-state index contributed by atoms with van der Waals surface area (Å²) >= 11 is 0.794. The first-order valence-corrected chi connectivity index (χ1v) is 10.3. The average Bonchev–Trinajstić information content (AvgIpc) is 2.93. The maximum atomic E-state index is 12.6. The lowest BCUT2D eigenvalue weighted by Crippen LogP contribution is -2.35. The molecule has 1 fully saturated rings. The molecular formula is C21H27NO6S. The zero-order chi connectivity index (χ0) is 21.6. The van der Waals surface area contributed by atoms with E-state index in [1.165, 1.54) is 7.11 Å². The fourth-order valence-electron chi connectivity index (χ4n) is 2.41. The number of amides is 2. The molecule has 1 aliphatic heterocycles. The Hall–Kier alpha value is -2.48. The zero-order valence-corrected chi connectivity index (χ0v) is 18.2. The van der Waals surface area contributed by atoms with Crippen LogP contribution in [0.2, 0.25) is 0 Å². The fourth-order valence-corrected chi connectivity index (χ4v) is 3.25. The number of thioether (sulfide) groups is 1. The Morgan fingerprint density at radius 1 is 1.21 bits per heavy atom. The van der Waals surface area contributed by atoms with E-state index in [0.29, 0.717) is 36.0 Å². The van der Waals surface area contributed by atoms with Gasteiger partial charge in [0.1, 0.15) is 6.54 Å². The third kappa shape index (κ3) is 6.25. The van der Waals surface area contributed by atoms with Gasteiger partial charge in [0.05, 0.1) is 24.7 Å². The van der Waals surface area contributed by atoms with Crippen molar-refractivity contribution in [3.63, 3.8) is 0 Å². The number of carbonyl (C=O) groups is 3. The van der Waals surface area contributed by atoms with Crippen LogP contribution in [0.4, 0.5) is 4.79 Å². The second kappa shape index (κ2) is 10.3. The molecule has 0 radical (unpaired) electrons. The Labute approximate surface area is 175 Å². The molecule has 1 aliphatic rings. The molecule has 8 heteroatoms. The summed E-state index contributed by atoms with van der Waals surface area (Å²) in [5.74, 6) is 0.407. The summed E-state index contributed by atoms with van der Waals surface area (Å²) in [5, 5.41) is -0.494. The van der Waals surface area contributed by atoms with Gasteiger partial charge in [-0.15, -0.1) is 0 Å². The minimum absolute atomic E-state index is 0.240. The predicted molar refractivity (Wildman–Crippen MR) is 112 cm³/mol. The molecule has 0 bridgehead atoms. The number of rotatable bonds is 9. The molecule has 2 amide bonds. The van der Waals surface area contributed by atoms with Crippen molar-refractivity contribution >= 4 is 35.0 Å². The molecule has 2 rings (SSSR count). The molecule has 0 unspecified atom stereocenters. The van der Waals surface area contributed by atoms with E-state index in [1.54, 1.807) is 31.2 Å². The third-order valence-electron chi connectivity index (χ3n) is 4.13. The topological polar surface area (TPSA) is 82.1 Å². The lowest BCUT2D eigenvalue weighted by atomic mass is 10.1. The molecule has 0 spiro atoms. The number of carbonyl (C=O) groups excluding carboxylic acids is 3. The van der Waals surface area contributed by atoms with Crippen LogP contribution in [0.5, 0.6) is 11.5 Å². The van der Waals surface area contributed by atoms with Gasteiger partial charge < -0.3 is 14.2 Å².